The van der Waals surface area contributed by atoms with Crippen molar-refractivity contribution in [1.82, 2.24) is 15.0 Å². The Kier molecular flexibility index (Phi) is 6.96. The molecule has 0 amide bonds. The topological polar surface area (TPSA) is 109 Å². The average molecular weight is 438 g/mol. The predicted molar refractivity (Wildman–Crippen MR) is 115 cm³/mol. The largest absolute Gasteiger partial charge is 0.497 e. The molecule has 0 saturated carbocycles. The molecular formula is C19H24FN5O2S2. The average Bonchev–Trinajstić information content (AvgIpc) is 3.07. The van der Waals surface area contributed by atoms with E-state index in [0.717, 1.165) is 33.3 Å². The Labute approximate surface area is 177 Å². The van der Waals surface area contributed by atoms with E-state index >= 15 is 0 Å². The molecule has 0 aromatic carbocycles. The lowest BCUT2D eigenvalue weighted by Crippen LogP contribution is -2.06. The van der Waals surface area contributed by atoms with Gasteiger partial charge in [0.25, 0.3) is 0 Å². The second kappa shape index (κ2) is 9.45. The second-order valence-corrected chi connectivity index (χ2v) is 8.93. The van der Waals surface area contributed by atoms with E-state index in [0.29, 0.717) is 29.0 Å². The summed E-state index contributed by atoms with van der Waals surface area (Å²) in [5.41, 5.74) is 13.5. The number of aromatic nitrogens is 3. The highest BCUT2D eigenvalue weighted by Gasteiger charge is 2.22. The lowest BCUT2D eigenvalue weighted by Gasteiger charge is -2.18. The Hall–Kier alpha value is -2.33. The highest BCUT2D eigenvalue weighted by atomic mass is 32.2. The number of alkyl halides is 1. The van der Waals surface area contributed by atoms with Gasteiger partial charge in [0, 0.05) is 17.4 Å². The number of aryl methyl sites for hydroxylation is 1. The highest BCUT2D eigenvalue weighted by molar-refractivity contribution is 7.99. The van der Waals surface area contributed by atoms with Crippen LogP contribution in [-0.4, -0.2) is 35.3 Å². The third kappa shape index (κ3) is 5.18. The van der Waals surface area contributed by atoms with Gasteiger partial charge in [0.2, 0.25) is 0 Å². The SMILES string of the molecule is COC1=C(OCCF)C=C(c2nc(C(C)Sc3nc(N)cc(N)n3)c(C)s2)CC1. The van der Waals surface area contributed by atoms with Crippen molar-refractivity contribution in [2.75, 3.05) is 31.9 Å². The summed E-state index contributed by atoms with van der Waals surface area (Å²) in [6.45, 7) is 3.55. The number of hydrogen-bond donors (Lipinski definition) is 2. The first-order chi connectivity index (χ1) is 13.9. The minimum absolute atomic E-state index is 0.00509. The zero-order valence-corrected chi connectivity index (χ0v) is 18.2. The number of methoxy groups -OCH3 is 1. The number of thiazole rings is 1. The molecule has 2 heterocycles. The normalized spacial score (nSPS) is 15.2. The van der Waals surface area contributed by atoms with E-state index in [9.17, 15) is 4.39 Å². The summed E-state index contributed by atoms with van der Waals surface area (Å²) >= 11 is 3.09. The number of nitrogens with two attached hydrogens (primary N) is 2. The first-order valence-corrected chi connectivity index (χ1v) is 10.8. The maximum absolute atomic E-state index is 12.5. The number of thioether (sulfide) groups is 1. The van der Waals surface area contributed by atoms with Crippen LogP contribution in [-0.2, 0) is 9.47 Å². The minimum atomic E-state index is -0.546. The number of allylic oxidation sites excluding steroid dienone is 3. The molecule has 2 aromatic heterocycles. The molecule has 0 saturated heterocycles. The van der Waals surface area contributed by atoms with Crippen LogP contribution in [0.4, 0.5) is 16.0 Å². The van der Waals surface area contributed by atoms with E-state index in [4.69, 9.17) is 25.9 Å². The number of rotatable bonds is 8. The monoisotopic (exact) mass is 437 g/mol. The maximum atomic E-state index is 12.5. The molecule has 1 aliphatic carbocycles. The van der Waals surface area contributed by atoms with Crippen LogP contribution >= 0.6 is 23.1 Å². The standard InChI is InChI=1S/C19H24FN5O2S2/c1-10-17(11(2)29-19-23-15(21)9-16(22)24-19)25-18(28-10)12-4-5-13(26-3)14(8-12)27-7-6-20/h8-9,11H,4-7H2,1-3H3,(H4,21,22,23,24). The smallest absolute Gasteiger partial charge is 0.192 e. The fourth-order valence-corrected chi connectivity index (χ4v) is 5.08. The molecule has 0 aliphatic heterocycles. The van der Waals surface area contributed by atoms with Crippen LogP contribution < -0.4 is 11.5 Å². The molecule has 29 heavy (non-hydrogen) atoms. The maximum Gasteiger partial charge on any atom is 0.192 e. The van der Waals surface area contributed by atoms with Crippen molar-refractivity contribution in [1.29, 1.82) is 0 Å². The summed E-state index contributed by atoms with van der Waals surface area (Å²) in [5.74, 6) is 2.00. The number of halogens is 1. The Morgan fingerprint density at radius 2 is 1.97 bits per heavy atom. The fourth-order valence-electron chi connectivity index (χ4n) is 2.98. The number of nitrogen functional groups attached to an aromatic ring is 2. The summed E-state index contributed by atoms with van der Waals surface area (Å²) in [6.07, 6.45) is 3.38. The molecule has 0 bridgehead atoms. The molecular weight excluding hydrogens is 413 g/mol. The molecule has 1 atom stereocenters. The van der Waals surface area contributed by atoms with Crippen molar-refractivity contribution in [3.05, 3.63) is 39.2 Å². The van der Waals surface area contributed by atoms with Gasteiger partial charge in [-0.15, -0.1) is 11.3 Å². The summed E-state index contributed by atoms with van der Waals surface area (Å²) < 4.78 is 23.4. The van der Waals surface area contributed by atoms with Gasteiger partial charge in [-0.05, 0) is 31.9 Å². The molecule has 2 aromatic rings. The Bertz CT molecular complexity index is 924. The van der Waals surface area contributed by atoms with E-state index < -0.39 is 6.67 Å². The van der Waals surface area contributed by atoms with Crippen LogP contribution in [0.15, 0.2) is 28.8 Å². The Morgan fingerprint density at radius 1 is 1.24 bits per heavy atom. The van der Waals surface area contributed by atoms with Gasteiger partial charge in [0.1, 0.15) is 35.7 Å². The highest BCUT2D eigenvalue weighted by Crippen LogP contribution is 2.40. The summed E-state index contributed by atoms with van der Waals surface area (Å²) in [7, 11) is 1.60. The van der Waals surface area contributed by atoms with E-state index in [-0.39, 0.29) is 11.9 Å². The van der Waals surface area contributed by atoms with Gasteiger partial charge < -0.3 is 20.9 Å². The van der Waals surface area contributed by atoms with Crippen LogP contribution in [0.1, 0.15) is 40.6 Å². The molecule has 10 heteroatoms. The van der Waals surface area contributed by atoms with Crippen molar-refractivity contribution in [3.8, 4) is 0 Å². The molecule has 0 radical (unpaired) electrons. The van der Waals surface area contributed by atoms with E-state index in [1.807, 2.05) is 19.9 Å². The van der Waals surface area contributed by atoms with Gasteiger partial charge in [-0.2, -0.15) is 0 Å². The van der Waals surface area contributed by atoms with Crippen molar-refractivity contribution in [2.45, 2.75) is 37.1 Å². The number of hydrogen-bond acceptors (Lipinski definition) is 9. The first-order valence-electron chi connectivity index (χ1n) is 9.12. The van der Waals surface area contributed by atoms with Crippen molar-refractivity contribution in [2.24, 2.45) is 0 Å². The third-order valence-electron chi connectivity index (χ3n) is 4.30. The first kappa shape index (κ1) is 21.4. The van der Waals surface area contributed by atoms with Gasteiger partial charge in [-0.3, -0.25) is 0 Å². The Morgan fingerprint density at radius 3 is 2.62 bits per heavy atom. The molecule has 7 nitrogen and oxygen atoms in total. The molecule has 1 unspecified atom stereocenters. The van der Waals surface area contributed by atoms with E-state index in [1.54, 1.807) is 18.4 Å². The van der Waals surface area contributed by atoms with Crippen molar-refractivity contribution in [3.63, 3.8) is 0 Å². The summed E-state index contributed by atoms with van der Waals surface area (Å²) in [6, 6.07) is 1.53. The Balaban J connectivity index is 1.82. The van der Waals surface area contributed by atoms with Gasteiger partial charge in [-0.25, -0.2) is 19.3 Å². The lowest BCUT2D eigenvalue weighted by molar-refractivity contribution is 0.165. The zero-order valence-electron chi connectivity index (χ0n) is 16.6. The van der Waals surface area contributed by atoms with Gasteiger partial charge >= 0.3 is 0 Å². The number of anilines is 2. The molecule has 3 rings (SSSR count). The van der Waals surface area contributed by atoms with E-state index in [2.05, 4.69) is 9.97 Å². The van der Waals surface area contributed by atoms with Crippen LogP contribution in [0.5, 0.6) is 0 Å². The van der Waals surface area contributed by atoms with Crippen LogP contribution in [0.3, 0.4) is 0 Å². The lowest BCUT2D eigenvalue weighted by atomic mass is 10.0. The van der Waals surface area contributed by atoms with Crippen LogP contribution in [0.25, 0.3) is 5.57 Å². The van der Waals surface area contributed by atoms with Gasteiger partial charge in [0.15, 0.2) is 10.9 Å². The molecule has 4 N–H and O–H groups in total. The molecule has 0 spiro atoms. The van der Waals surface area contributed by atoms with E-state index in [1.165, 1.54) is 17.8 Å². The van der Waals surface area contributed by atoms with Crippen LogP contribution in [0, 0.1) is 6.92 Å². The third-order valence-corrected chi connectivity index (χ3v) is 6.33. The fraction of sp³-hybridized carbons (Fsp3) is 0.421. The predicted octanol–water partition coefficient (Wildman–Crippen LogP) is 4.28. The van der Waals surface area contributed by atoms with Crippen LogP contribution in [0.2, 0.25) is 0 Å². The summed E-state index contributed by atoms with van der Waals surface area (Å²) in [4.78, 5) is 14.4. The second-order valence-electron chi connectivity index (χ2n) is 6.42. The van der Waals surface area contributed by atoms with Crippen molar-refractivity contribution >= 4 is 40.3 Å². The minimum Gasteiger partial charge on any atom is -0.497 e. The quantitative estimate of drug-likeness (QED) is 0.465. The van der Waals surface area contributed by atoms with Crippen molar-refractivity contribution < 1.29 is 13.9 Å². The van der Waals surface area contributed by atoms with Gasteiger partial charge in [-0.1, -0.05) is 11.8 Å². The number of ether oxygens (including phenoxy) is 2. The summed E-state index contributed by atoms with van der Waals surface area (Å²) in [5, 5.41) is 1.47. The van der Waals surface area contributed by atoms with Gasteiger partial charge in [0.05, 0.1) is 18.1 Å². The molecule has 0 fully saturated rings. The number of nitrogens with zero attached hydrogens (tertiary/aromatic N) is 3. The molecule has 1 aliphatic rings. The molecule has 156 valence electrons. The zero-order chi connectivity index (χ0) is 21.0.